The van der Waals surface area contributed by atoms with Crippen LogP contribution in [0.2, 0.25) is 0 Å². The topological polar surface area (TPSA) is 99.1 Å². The molecule has 0 spiro atoms. The zero-order valence-electron chi connectivity index (χ0n) is 11.0. The van der Waals surface area contributed by atoms with E-state index >= 15 is 0 Å². The molecule has 20 heavy (non-hydrogen) atoms. The number of aromatic nitrogens is 4. The van der Waals surface area contributed by atoms with E-state index in [9.17, 15) is 5.11 Å². The lowest BCUT2D eigenvalue weighted by molar-refractivity contribution is -0.0368. The summed E-state index contributed by atoms with van der Waals surface area (Å²) in [6, 6.07) is 0. The van der Waals surface area contributed by atoms with Crippen LogP contribution in [-0.4, -0.2) is 42.1 Å². The predicted octanol–water partition coefficient (Wildman–Crippen LogP) is 0.765. The second-order valence-electron chi connectivity index (χ2n) is 4.92. The van der Waals surface area contributed by atoms with Gasteiger partial charge in [-0.05, 0) is 6.42 Å². The Balaban J connectivity index is 1.97. The largest absolute Gasteiger partial charge is 0.387 e. The van der Waals surface area contributed by atoms with Gasteiger partial charge in [0.1, 0.15) is 17.9 Å². The van der Waals surface area contributed by atoms with Gasteiger partial charge < -0.3 is 15.6 Å². The molecule has 0 unspecified atom stereocenters. The van der Waals surface area contributed by atoms with Crippen molar-refractivity contribution in [3.63, 3.8) is 0 Å². The summed E-state index contributed by atoms with van der Waals surface area (Å²) < 4.78 is 7.61. The van der Waals surface area contributed by atoms with E-state index in [0.717, 1.165) is 12.8 Å². The Morgan fingerprint density at radius 3 is 3.00 bits per heavy atom. The van der Waals surface area contributed by atoms with Crippen LogP contribution in [-0.2, 0) is 4.74 Å². The van der Waals surface area contributed by atoms with Gasteiger partial charge in [-0.25, -0.2) is 15.0 Å². The van der Waals surface area contributed by atoms with Gasteiger partial charge in [0.25, 0.3) is 0 Å². The third-order valence-corrected chi connectivity index (χ3v) is 4.21. The zero-order chi connectivity index (χ0) is 14.3. The summed E-state index contributed by atoms with van der Waals surface area (Å²) in [5.41, 5.74) is 6.83. The van der Waals surface area contributed by atoms with Crippen molar-refractivity contribution < 1.29 is 9.84 Å². The molecule has 0 bridgehead atoms. The summed E-state index contributed by atoms with van der Waals surface area (Å²) in [6.07, 6.45) is 3.42. The third-order valence-electron chi connectivity index (χ3n) is 3.57. The molecule has 3 N–H and O–H groups in total. The smallest absolute Gasteiger partial charge is 0.167 e. The molecule has 3 heterocycles. The number of anilines is 1. The highest BCUT2D eigenvalue weighted by atomic mass is 32.1. The van der Waals surface area contributed by atoms with Gasteiger partial charge >= 0.3 is 0 Å². The summed E-state index contributed by atoms with van der Waals surface area (Å²) in [4.78, 5) is 12.3. The van der Waals surface area contributed by atoms with Crippen molar-refractivity contribution >= 4 is 29.6 Å². The minimum absolute atomic E-state index is 0.0834. The maximum absolute atomic E-state index is 10.3. The van der Waals surface area contributed by atoms with Gasteiger partial charge in [0.05, 0.1) is 17.7 Å². The zero-order valence-corrected chi connectivity index (χ0v) is 11.9. The molecule has 3 rings (SSSR count). The van der Waals surface area contributed by atoms with Gasteiger partial charge in [-0.3, -0.25) is 4.57 Å². The monoisotopic (exact) mass is 295 g/mol. The van der Waals surface area contributed by atoms with Crippen LogP contribution < -0.4 is 5.73 Å². The van der Waals surface area contributed by atoms with E-state index in [1.807, 2.05) is 0 Å². The van der Waals surface area contributed by atoms with Crippen molar-refractivity contribution in [1.29, 1.82) is 0 Å². The number of aliphatic hydroxyl groups is 1. The normalized spacial score (nSPS) is 30.1. The molecule has 2 aromatic heterocycles. The molecule has 1 aliphatic rings. The maximum Gasteiger partial charge on any atom is 0.167 e. The molecule has 108 valence electrons. The van der Waals surface area contributed by atoms with E-state index in [2.05, 4.69) is 34.5 Å². The van der Waals surface area contributed by atoms with Crippen LogP contribution in [0.4, 0.5) is 5.82 Å². The number of fused-ring (bicyclic) bond motifs is 1. The summed E-state index contributed by atoms with van der Waals surface area (Å²) in [6.45, 7) is 2.07. The summed E-state index contributed by atoms with van der Waals surface area (Å²) in [7, 11) is 0. The number of imidazole rings is 1. The van der Waals surface area contributed by atoms with Crippen molar-refractivity contribution in [3.05, 3.63) is 12.7 Å². The maximum atomic E-state index is 10.3. The fraction of sp³-hybridized carbons (Fsp3) is 0.583. The number of nitrogen functional groups attached to an aromatic ring is 1. The standard InChI is InChI=1S/C12H17N5O2S/c1-2-3-6-9(20)8(18)12(19-6)17-5-16-7-10(13)14-4-15-11(7)17/h4-6,8-9,12,18,20H,2-3H2,1H3,(H2,13,14,15)/t6-,8-,9-,12-/m1/s1. The first-order valence-corrected chi connectivity index (χ1v) is 7.09. The minimum atomic E-state index is -0.719. The highest BCUT2D eigenvalue weighted by molar-refractivity contribution is 7.81. The summed E-state index contributed by atoms with van der Waals surface area (Å²) in [5.74, 6) is 0.314. The fourth-order valence-electron chi connectivity index (χ4n) is 2.54. The van der Waals surface area contributed by atoms with Gasteiger partial charge in [-0.1, -0.05) is 13.3 Å². The number of nitrogens with two attached hydrogens (primary N) is 1. The molecular formula is C12H17N5O2S. The minimum Gasteiger partial charge on any atom is -0.387 e. The van der Waals surface area contributed by atoms with E-state index < -0.39 is 12.3 Å². The van der Waals surface area contributed by atoms with Crippen molar-refractivity contribution in [1.82, 2.24) is 19.5 Å². The Labute approximate surface area is 121 Å². The number of hydrogen-bond acceptors (Lipinski definition) is 7. The molecule has 2 aromatic rings. The molecule has 0 aromatic carbocycles. The van der Waals surface area contributed by atoms with Gasteiger partial charge in [0.15, 0.2) is 17.7 Å². The molecule has 7 nitrogen and oxygen atoms in total. The number of hydrogen-bond donors (Lipinski definition) is 3. The Bertz CT molecular complexity index is 619. The number of ether oxygens (including phenoxy) is 1. The van der Waals surface area contributed by atoms with Crippen molar-refractivity contribution in [2.24, 2.45) is 0 Å². The Hall–Kier alpha value is -1.38. The molecule has 0 saturated carbocycles. The third kappa shape index (κ3) is 2.04. The molecule has 0 aliphatic carbocycles. The van der Waals surface area contributed by atoms with Crippen LogP contribution in [0.3, 0.4) is 0 Å². The number of aliphatic hydroxyl groups excluding tert-OH is 1. The summed E-state index contributed by atoms with van der Waals surface area (Å²) >= 11 is 4.46. The van der Waals surface area contributed by atoms with Crippen molar-refractivity contribution in [3.8, 4) is 0 Å². The molecular weight excluding hydrogens is 278 g/mol. The first-order valence-electron chi connectivity index (χ1n) is 6.58. The SMILES string of the molecule is CCC[C@H]1O[C@@H](n2cnc3c(N)ncnc32)[C@H](O)[C@@H]1S. The Kier molecular flexibility index (Phi) is 3.53. The number of rotatable bonds is 3. The molecule has 1 fully saturated rings. The average Bonchev–Trinajstić information content (AvgIpc) is 2.97. The van der Waals surface area contributed by atoms with E-state index in [1.165, 1.54) is 6.33 Å². The Morgan fingerprint density at radius 2 is 2.25 bits per heavy atom. The summed E-state index contributed by atoms with van der Waals surface area (Å²) in [5, 5.41) is 10.1. The van der Waals surface area contributed by atoms with Crippen LogP contribution in [0.25, 0.3) is 11.2 Å². The lowest BCUT2D eigenvalue weighted by atomic mass is 10.1. The second-order valence-corrected chi connectivity index (χ2v) is 5.51. The second kappa shape index (κ2) is 5.19. The van der Waals surface area contributed by atoms with Crippen molar-refractivity contribution in [2.45, 2.75) is 43.5 Å². The van der Waals surface area contributed by atoms with E-state index in [0.29, 0.717) is 17.0 Å². The van der Waals surface area contributed by atoms with E-state index in [-0.39, 0.29) is 11.4 Å². The quantitative estimate of drug-likeness (QED) is 0.723. The number of nitrogens with zero attached hydrogens (tertiary/aromatic N) is 4. The van der Waals surface area contributed by atoms with Crippen LogP contribution in [0, 0.1) is 0 Å². The average molecular weight is 295 g/mol. The predicted molar refractivity (Wildman–Crippen MR) is 77.3 cm³/mol. The highest BCUT2D eigenvalue weighted by Crippen LogP contribution is 2.36. The molecule has 8 heteroatoms. The van der Waals surface area contributed by atoms with Crippen LogP contribution in [0.15, 0.2) is 12.7 Å². The van der Waals surface area contributed by atoms with Crippen LogP contribution >= 0.6 is 12.6 Å². The van der Waals surface area contributed by atoms with Gasteiger partial charge in [-0.15, -0.1) is 0 Å². The van der Waals surface area contributed by atoms with Gasteiger partial charge in [0, 0.05) is 0 Å². The molecule has 0 radical (unpaired) electrons. The first-order chi connectivity index (χ1) is 9.63. The highest BCUT2D eigenvalue weighted by Gasteiger charge is 2.42. The van der Waals surface area contributed by atoms with E-state index in [1.54, 1.807) is 10.9 Å². The van der Waals surface area contributed by atoms with Gasteiger partial charge in [0.2, 0.25) is 0 Å². The van der Waals surface area contributed by atoms with Crippen LogP contribution in [0.1, 0.15) is 26.0 Å². The lowest BCUT2D eigenvalue weighted by Gasteiger charge is -2.16. The van der Waals surface area contributed by atoms with Gasteiger partial charge in [-0.2, -0.15) is 12.6 Å². The Morgan fingerprint density at radius 1 is 1.45 bits per heavy atom. The molecule has 4 atom stereocenters. The first kappa shape index (κ1) is 13.6. The molecule has 1 saturated heterocycles. The van der Waals surface area contributed by atoms with E-state index in [4.69, 9.17) is 10.5 Å². The molecule has 1 aliphatic heterocycles. The van der Waals surface area contributed by atoms with Crippen LogP contribution in [0.5, 0.6) is 0 Å². The fourth-order valence-corrected chi connectivity index (χ4v) is 2.90. The molecule has 0 amide bonds. The van der Waals surface area contributed by atoms with Crippen molar-refractivity contribution in [2.75, 3.05) is 5.73 Å². The lowest BCUT2D eigenvalue weighted by Crippen LogP contribution is -2.27. The number of thiol groups is 1.